The Labute approximate surface area is 74.5 Å². The van der Waals surface area contributed by atoms with Crippen LogP contribution in [0.1, 0.15) is 6.92 Å². The molecule has 0 saturated carbocycles. The molecular weight excluding hydrogens is 172 g/mol. The predicted molar refractivity (Wildman–Crippen MR) is 48.0 cm³/mol. The summed E-state index contributed by atoms with van der Waals surface area (Å²) in [4.78, 5) is 12.2. The van der Waals surface area contributed by atoms with E-state index in [-0.39, 0.29) is 0 Å². The van der Waals surface area contributed by atoms with E-state index in [0.717, 1.165) is 17.3 Å². The van der Waals surface area contributed by atoms with Gasteiger partial charge in [-0.15, -0.1) is 0 Å². The van der Waals surface area contributed by atoms with Gasteiger partial charge < -0.3 is 0 Å². The first-order chi connectivity index (χ1) is 5.92. The molecule has 2 aliphatic heterocycles. The van der Waals surface area contributed by atoms with E-state index in [1.807, 2.05) is 3.97 Å². The van der Waals surface area contributed by atoms with Gasteiger partial charge >= 0.3 is 0 Å². The van der Waals surface area contributed by atoms with E-state index >= 15 is 0 Å². The third kappa shape index (κ3) is 1.16. The summed E-state index contributed by atoms with van der Waals surface area (Å²) in [5.74, 6) is 1.88. The lowest BCUT2D eigenvalue weighted by Gasteiger charge is -2.05. The molecule has 12 heavy (non-hydrogen) atoms. The van der Waals surface area contributed by atoms with Gasteiger partial charge in [0.2, 0.25) is 0 Å². The minimum Gasteiger partial charge on any atom is -0.256 e. The summed E-state index contributed by atoms with van der Waals surface area (Å²) >= 11 is 1.66. The van der Waals surface area contributed by atoms with Crippen molar-refractivity contribution in [3.05, 3.63) is 18.9 Å². The van der Waals surface area contributed by atoms with Crippen molar-refractivity contribution < 1.29 is 0 Å². The van der Waals surface area contributed by atoms with Crippen molar-refractivity contribution in [3.8, 4) is 11.5 Å². The standard InChI is InChI=1S/C7H8N4S/c1-2-12-11-5-8-3-6-7(11)10-4-9-6/h3-5H,2H2,1H3. The summed E-state index contributed by atoms with van der Waals surface area (Å²) < 4.78 is 1.93. The van der Waals surface area contributed by atoms with Gasteiger partial charge in [0.05, 0.1) is 6.20 Å². The van der Waals surface area contributed by atoms with Gasteiger partial charge in [0.1, 0.15) is 18.3 Å². The van der Waals surface area contributed by atoms with Crippen LogP contribution in [0.15, 0.2) is 18.9 Å². The summed E-state index contributed by atoms with van der Waals surface area (Å²) in [5.41, 5.74) is 0.846. The topological polar surface area (TPSA) is 43.6 Å². The average Bonchev–Trinajstić information content (AvgIpc) is 2.53. The fourth-order valence-corrected chi connectivity index (χ4v) is 1.65. The van der Waals surface area contributed by atoms with Crippen LogP contribution in [0.2, 0.25) is 0 Å². The lowest BCUT2D eigenvalue weighted by atomic mass is 10.4. The Morgan fingerprint density at radius 1 is 1.50 bits per heavy atom. The van der Waals surface area contributed by atoms with Crippen molar-refractivity contribution >= 4 is 11.9 Å². The van der Waals surface area contributed by atoms with Crippen LogP contribution in [0, 0.1) is 0 Å². The molecule has 0 fully saturated rings. The predicted octanol–water partition coefficient (Wildman–Crippen LogP) is 1.29. The second-order valence-electron chi connectivity index (χ2n) is 2.22. The summed E-state index contributed by atoms with van der Waals surface area (Å²) in [6.07, 6.45) is 5.03. The van der Waals surface area contributed by atoms with E-state index in [9.17, 15) is 0 Å². The second-order valence-corrected chi connectivity index (χ2v) is 3.45. The molecule has 0 aromatic rings. The first-order valence-electron chi connectivity index (χ1n) is 3.68. The summed E-state index contributed by atoms with van der Waals surface area (Å²) in [6.45, 7) is 2.09. The zero-order chi connectivity index (χ0) is 8.39. The Kier molecular flexibility index (Phi) is 1.95. The summed E-state index contributed by atoms with van der Waals surface area (Å²) in [6, 6.07) is 0. The van der Waals surface area contributed by atoms with Crippen molar-refractivity contribution in [2.75, 3.05) is 5.75 Å². The number of nitrogens with zero attached hydrogens (tertiary/aromatic N) is 4. The van der Waals surface area contributed by atoms with Gasteiger partial charge in [0, 0.05) is 5.75 Å². The SMILES string of the molecule is CCSn1cncc2ncnc1-2. The van der Waals surface area contributed by atoms with Crippen LogP contribution in [0.4, 0.5) is 0 Å². The Bertz CT molecular complexity index is 345. The minimum absolute atomic E-state index is 0.846. The third-order valence-corrected chi connectivity index (χ3v) is 2.25. The number of rotatable bonds is 2. The zero-order valence-electron chi connectivity index (χ0n) is 6.64. The molecule has 0 spiro atoms. The molecule has 5 heteroatoms. The Morgan fingerprint density at radius 2 is 2.42 bits per heavy atom. The quantitative estimate of drug-likeness (QED) is 0.698. The van der Waals surface area contributed by atoms with Crippen LogP contribution in [0.25, 0.3) is 11.5 Å². The maximum atomic E-state index is 4.13. The molecule has 2 aliphatic rings. The highest BCUT2D eigenvalue weighted by Gasteiger charge is 2.08. The van der Waals surface area contributed by atoms with E-state index < -0.39 is 0 Å². The molecule has 0 radical (unpaired) electrons. The smallest absolute Gasteiger partial charge is 0.173 e. The molecule has 0 aromatic heterocycles. The van der Waals surface area contributed by atoms with E-state index in [0.29, 0.717) is 0 Å². The van der Waals surface area contributed by atoms with Crippen LogP contribution in [-0.4, -0.2) is 24.7 Å². The van der Waals surface area contributed by atoms with Gasteiger partial charge in [0.25, 0.3) is 0 Å². The van der Waals surface area contributed by atoms with E-state index in [1.54, 1.807) is 30.8 Å². The first-order valence-corrected chi connectivity index (χ1v) is 4.62. The minimum atomic E-state index is 0.846. The highest BCUT2D eigenvalue weighted by atomic mass is 32.2. The molecule has 0 saturated heterocycles. The van der Waals surface area contributed by atoms with E-state index in [4.69, 9.17) is 0 Å². The lowest BCUT2D eigenvalue weighted by molar-refractivity contribution is 1.07. The van der Waals surface area contributed by atoms with Crippen LogP contribution in [0.3, 0.4) is 0 Å². The average molecular weight is 180 g/mol. The lowest BCUT2D eigenvalue weighted by Crippen LogP contribution is -1.97. The van der Waals surface area contributed by atoms with Gasteiger partial charge in [0.15, 0.2) is 5.82 Å². The van der Waals surface area contributed by atoms with Gasteiger partial charge in [-0.1, -0.05) is 6.92 Å². The van der Waals surface area contributed by atoms with Crippen LogP contribution in [0.5, 0.6) is 0 Å². The Balaban J connectivity index is 2.48. The maximum absolute atomic E-state index is 4.13. The van der Waals surface area contributed by atoms with Gasteiger partial charge in [-0.05, 0) is 11.9 Å². The number of hydrogen-bond donors (Lipinski definition) is 0. The second kappa shape index (κ2) is 3.10. The molecular formula is C7H8N4S. The number of imidazole rings is 1. The van der Waals surface area contributed by atoms with Crippen molar-refractivity contribution in [1.29, 1.82) is 0 Å². The summed E-state index contributed by atoms with van der Waals surface area (Å²) in [5, 5.41) is 0. The Morgan fingerprint density at radius 3 is 3.25 bits per heavy atom. The highest BCUT2D eigenvalue weighted by Crippen LogP contribution is 2.18. The van der Waals surface area contributed by atoms with Crippen molar-refractivity contribution in [2.24, 2.45) is 0 Å². The maximum Gasteiger partial charge on any atom is 0.173 e. The molecule has 0 atom stereocenters. The molecule has 2 rings (SSSR count). The fraction of sp³-hybridized carbons (Fsp3) is 0.286. The Hall–Kier alpha value is -1.10. The molecule has 4 nitrogen and oxygen atoms in total. The first kappa shape index (κ1) is 7.54. The molecule has 0 amide bonds. The van der Waals surface area contributed by atoms with Crippen LogP contribution >= 0.6 is 11.9 Å². The van der Waals surface area contributed by atoms with Crippen LogP contribution in [-0.2, 0) is 0 Å². The summed E-state index contributed by atoms with van der Waals surface area (Å²) in [7, 11) is 0. The molecule has 62 valence electrons. The highest BCUT2D eigenvalue weighted by molar-refractivity contribution is 7.97. The van der Waals surface area contributed by atoms with E-state index in [1.165, 1.54) is 0 Å². The monoisotopic (exact) mass is 180 g/mol. The van der Waals surface area contributed by atoms with Gasteiger partial charge in [-0.25, -0.2) is 15.0 Å². The zero-order valence-corrected chi connectivity index (χ0v) is 7.45. The van der Waals surface area contributed by atoms with Crippen molar-refractivity contribution in [3.63, 3.8) is 0 Å². The van der Waals surface area contributed by atoms with Gasteiger partial charge in [-0.3, -0.25) is 3.97 Å². The molecule has 0 bridgehead atoms. The fourth-order valence-electron chi connectivity index (χ4n) is 0.983. The number of hydrogen-bond acceptors (Lipinski definition) is 4. The van der Waals surface area contributed by atoms with E-state index in [2.05, 4.69) is 21.9 Å². The molecule has 0 unspecified atom stereocenters. The molecule has 2 heterocycles. The van der Waals surface area contributed by atoms with Gasteiger partial charge in [-0.2, -0.15) is 0 Å². The van der Waals surface area contributed by atoms with Crippen molar-refractivity contribution in [2.45, 2.75) is 6.92 Å². The molecule has 0 N–H and O–H groups in total. The normalized spacial score (nSPS) is 10.8. The largest absolute Gasteiger partial charge is 0.256 e. The van der Waals surface area contributed by atoms with Crippen LogP contribution < -0.4 is 0 Å². The number of aromatic nitrogens is 4. The molecule has 0 aromatic carbocycles. The third-order valence-electron chi connectivity index (χ3n) is 1.45. The molecule has 0 aliphatic carbocycles. The van der Waals surface area contributed by atoms with Crippen molar-refractivity contribution in [1.82, 2.24) is 18.9 Å². The number of fused-ring (bicyclic) bond motifs is 1.